The monoisotopic (exact) mass is 447 g/mol. The maximum Gasteiger partial charge on any atom is 0.325 e. The van der Waals surface area contributed by atoms with E-state index in [1.807, 2.05) is 37.3 Å². The van der Waals surface area contributed by atoms with Gasteiger partial charge in [0.1, 0.15) is 12.1 Å². The van der Waals surface area contributed by atoms with Crippen molar-refractivity contribution in [2.75, 3.05) is 6.54 Å². The molecule has 0 saturated carbocycles. The number of nitrogens with zero attached hydrogens (tertiary/aromatic N) is 1. The third kappa shape index (κ3) is 4.77. The molecule has 1 heterocycles. The maximum atomic E-state index is 13.0. The van der Waals surface area contributed by atoms with Gasteiger partial charge in [0.15, 0.2) is 0 Å². The molecule has 2 atom stereocenters. The number of carbonyl (C=O) groups excluding carboxylic acids is 3. The van der Waals surface area contributed by atoms with E-state index < -0.39 is 23.4 Å². The molecule has 1 fully saturated rings. The Hall–Kier alpha value is -2.57. The number of rotatable bonds is 7. The van der Waals surface area contributed by atoms with E-state index in [-0.39, 0.29) is 17.6 Å². The van der Waals surface area contributed by atoms with Crippen molar-refractivity contribution in [1.29, 1.82) is 0 Å². The van der Waals surface area contributed by atoms with Crippen molar-refractivity contribution in [1.82, 2.24) is 15.5 Å². The van der Waals surface area contributed by atoms with Gasteiger partial charge < -0.3 is 10.6 Å². The number of urea groups is 1. The zero-order valence-corrected chi connectivity index (χ0v) is 18.3. The molecule has 0 aliphatic carbocycles. The van der Waals surface area contributed by atoms with Crippen LogP contribution in [0.4, 0.5) is 4.79 Å². The Morgan fingerprint density at radius 2 is 1.83 bits per heavy atom. The van der Waals surface area contributed by atoms with E-state index >= 15 is 0 Å². The van der Waals surface area contributed by atoms with Gasteiger partial charge in [-0.1, -0.05) is 59.6 Å². The summed E-state index contributed by atoms with van der Waals surface area (Å²) in [5, 5.41) is 6.13. The topological polar surface area (TPSA) is 78.5 Å². The van der Waals surface area contributed by atoms with Crippen molar-refractivity contribution in [2.24, 2.45) is 0 Å². The van der Waals surface area contributed by atoms with Gasteiger partial charge in [-0.2, -0.15) is 0 Å². The normalized spacial score (nSPS) is 19.5. The zero-order valence-electron chi connectivity index (χ0n) is 16.7. The summed E-state index contributed by atoms with van der Waals surface area (Å²) in [5.74, 6) is -0.907. The summed E-state index contributed by atoms with van der Waals surface area (Å²) in [7, 11) is 0. The molecule has 1 saturated heterocycles. The number of amides is 4. The van der Waals surface area contributed by atoms with Crippen LogP contribution in [0.15, 0.2) is 48.5 Å². The molecule has 4 amide bonds. The second-order valence-corrected chi connectivity index (χ2v) is 8.38. The van der Waals surface area contributed by atoms with Crippen molar-refractivity contribution in [3.63, 3.8) is 0 Å². The summed E-state index contributed by atoms with van der Waals surface area (Å²) >= 11 is 12.0. The summed E-state index contributed by atoms with van der Waals surface area (Å²) in [6, 6.07) is 14.0. The minimum atomic E-state index is -1.31. The van der Waals surface area contributed by atoms with Crippen molar-refractivity contribution in [3.8, 4) is 0 Å². The minimum Gasteiger partial charge on any atom is -0.352 e. The molecule has 158 valence electrons. The van der Waals surface area contributed by atoms with Crippen LogP contribution < -0.4 is 10.6 Å². The van der Waals surface area contributed by atoms with Crippen LogP contribution in [-0.2, 0) is 21.5 Å². The lowest BCUT2D eigenvalue weighted by molar-refractivity contribution is -0.135. The quantitative estimate of drug-likeness (QED) is 0.631. The molecule has 2 N–H and O–H groups in total. The predicted octanol–water partition coefficient (Wildman–Crippen LogP) is 3.90. The van der Waals surface area contributed by atoms with Crippen molar-refractivity contribution >= 4 is 41.0 Å². The molecular weight excluding hydrogens is 425 g/mol. The van der Waals surface area contributed by atoms with Gasteiger partial charge in [0.05, 0.1) is 10.0 Å². The van der Waals surface area contributed by atoms with Crippen LogP contribution in [0.25, 0.3) is 0 Å². The van der Waals surface area contributed by atoms with Crippen LogP contribution in [0.2, 0.25) is 10.0 Å². The molecule has 0 unspecified atom stereocenters. The summed E-state index contributed by atoms with van der Waals surface area (Å²) in [6.45, 7) is 3.12. The molecule has 2 aromatic carbocycles. The lowest BCUT2D eigenvalue weighted by Gasteiger charge is -2.23. The molecule has 8 heteroatoms. The Kier molecular flexibility index (Phi) is 6.68. The number of imide groups is 1. The van der Waals surface area contributed by atoms with Gasteiger partial charge in [-0.15, -0.1) is 0 Å². The minimum absolute atomic E-state index is 0.0973. The highest BCUT2D eigenvalue weighted by molar-refractivity contribution is 6.42. The molecule has 2 aromatic rings. The fourth-order valence-electron chi connectivity index (χ4n) is 3.41. The lowest BCUT2D eigenvalue weighted by Crippen LogP contribution is -2.45. The predicted molar refractivity (Wildman–Crippen MR) is 116 cm³/mol. The first-order chi connectivity index (χ1) is 14.2. The first-order valence-corrected chi connectivity index (χ1v) is 10.4. The number of nitrogens with one attached hydrogen (secondary N) is 2. The lowest BCUT2D eigenvalue weighted by atomic mass is 9.92. The Labute approximate surface area is 185 Å². The van der Waals surface area contributed by atoms with Crippen molar-refractivity contribution in [3.05, 3.63) is 69.7 Å². The first kappa shape index (κ1) is 22.1. The summed E-state index contributed by atoms with van der Waals surface area (Å²) in [5.41, 5.74) is 0.365. The van der Waals surface area contributed by atoms with E-state index in [1.165, 1.54) is 11.6 Å². The molecule has 0 radical (unpaired) electrons. The molecule has 6 nitrogen and oxygen atoms in total. The standard InChI is InChI=1S/C22H23Cl2N3O3/c1-14(8-9-15-6-4-3-5-7-15)25-19(28)13-27-20(29)22(2,26-21(27)30)16-10-11-17(23)18(24)12-16/h3-7,10-12,14H,8-9,13H2,1-2H3,(H,25,28)(H,26,30)/t14-,22+/m1/s1. The van der Waals surface area contributed by atoms with Crippen LogP contribution in [0.3, 0.4) is 0 Å². The van der Waals surface area contributed by atoms with E-state index in [0.29, 0.717) is 10.6 Å². The second-order valence-electron chi connectivity index (χ2n) is 7.57. The van der Waals surface area contributed by atoms with E-state index in [9.17, 15) is 14.4 Å². The first-order valence-electron chi connectivity index (χ1n) is 9.63. The van der Waals surface area contributed by atoms with E-state index in [0.717, 1.165) is 17.7 Å². The van der Waals surface area contributed by atoms with Crippen molar-refractivity contribution < 1.29 is 14.4 Å². The van der Waals surface area contributed by atoms with Gasteiger partial charge in [-0.3, -0.25) is 14.5 Å². The molecule has 3 rings (SSSR count). The van der Waals surface area contributed by atoms with Gasteiger partial charge in [0.2, 0.25) is 5.91 Å². The third-order valence-corrected chi connectivity index (χ3v) is 5.93. The van der Waals surface area contributed by atoms with Crippen LogP contribution in [0.1, 0.15) is 31.4 Å². The summed E-state index contributed by atoms with van der Waals surface area (Å²) in [4.78, 5) is 38.7. The van der Waals surface area contributed by atoms with Crippen LogP contribution in [-0.4, -0.2) is 35.3 Å². The number of hydrogen-bond donors (Lipinski definition) is 2. The average molecular weight is 448 g/mol. The number of benzene rings is 2. The van der Waals surface area contributed by atoms with Gasteiger partial charge in [0.25, 0.3) is 5.91 Å². The van der Waals surface area contributed by atoms with Gasteiger partial charge in [0, 0.05) is 6.04 Å². The SMILES string of the molecule is C[C@H](CCc1ccccc1)NC(=O)CN1C(=O)N[C@@](C)(c2ccc(Cl)c(Cl)c2)C1=O. The van der Waals surface area contributed by atoms with Crippen LogP contribution in [0.5, 0.6) is 0 Å². The molecule has 30 heavy (non-hydrogen) atoms. The molecular formula is C22H23Cl2N3O3. The van der Waals surface area contributed by atoms with Crippen LogP contribution in [0, 0.1) is 0 Å². The van der Waals surface area contributed by atoms with E-state index in [4.69, 9.17) is 23.2 Å². The Morgan fingerprint density at radius 3 is 2.50 bits per heavy atom. The van der Waals surface area contributed by atoms with Gasteiger partial charge in [-0.25, -0.2) is 4.79 Å². The zero-order chi connectivity index (χ0) is 21.9. The van der Waals surface area contributed by atoms with Gasteiger partial charge >= 0.3 is 6.03 Å². The molecule has 0 bridgehead atoms. The number of aryl methyl sites for hydroxylation is 1. The molecule has 0 spiro atoms. The highest BCUT2D eigenvalue weighted by atomic mass is 35.5. The molecule has 0 aromatic heterocycles. The fourth-order valence-corrected chi connectivity index (χ4v) is 3.71. The summed E-state index contributed by atoms with van der Waals surface area (Å²) < 4.78 is 0. The highest BCUT2D eigenvalue weighted by Gasteiger charge is 2.49. The maximum absolute atomic E-state index is 13.0. The molecule has 1 aliphatic rings. The number of halogens is 2. The highest BCUT2D eigenvalue weighted by Crippen LogP contribution is 2.32. The Balaban J connectivity index is 1.60. The third-order valence-electron chi connectivity index (χ3n) is 5.19. The Bertz CT molecular complexity index is 967. The van der Waals surface area contributed by atoms with Crippen molar-refractivity contribution in [2.45, 2.75) is 38.3 Å². The number of carbonyl (C=O) groups is 3. The fraction of sp³-hybridized carbons (Fsp3) is 0.318. The van der Waals surface area contributed by atoms with Crippen LogP contribution >= 0.6 is 23.2 Å². The van der Waals surface area contributed by atoms with E-state index in [1.54, 1.807) is 19.1 Å². The average Bonchev–Trinajstić information content (AvgIpc) is 2.93. The number of hydrogen-bond acceptors (Lipinski definition) is 3. The Morgan fingerprint density at radius 1 is 1.13 bits per heavy atom. The second kappa shape index (κ2) is 9.06. The largest absolute Gasteiger partial charge is 0.352 e. The van der Waals surface area contributed by atoms with E-state index in [2.05, 4.69) is 10.6 Å². The smallest absolute Gasteiger partial charge is 0.325 e. The summed E-state index contributed by atoms with van der Waals surface area (Å²) in [6.07, 6.45) is 1.57. The molecule has 1 aliphatic heterocycles. The van der Waals surface area contributed by atoms with Gasteiger partial charge in [-0.05, 0) is 49.9 Å².